The molecule has 0 spiro atoms. The number of pyridine rings is 1. The van der Waals surface area contributed by atoms with Crippen molar-refractivity contribution in [3.8, 4) is 16.9 Å². The van der Waals surface area contributed by atoms with Crippen LogP contribution in [-0.2, 0) is 0 Å². The quantitative estimate of drug-likeness (QED) is 0.317. The lowest BCUT2D eigenvalue weighted by atomic mass is 9.85. The van der Waals surface area contributed by atoms with Crippen molar-refractivity contribution in [3.63, 3.8) is 0 Å². The highest BCUT2D eigenvalue weighted by molar-refractivity contribution is 6.08. The van der Waals surface area contributed by atoms with Crippen LogP contribution < -0.4 is 5.32 Å². The average Bonchev–Trinajstić information content (AvgIpc) is 2.84. The summed E-state index contributed by atoms with van der Waals surface area (Å²) in [5.74, 6) is 1.04. The number of carbonyl (C=O) groups is 1. The van der Waals surface area contributed by atoms with Gasteiger partial charge >= 0.3 is 0 Å². The van der Waals surface area contributed by atoms with E-state index in [4.69, 9.17) is 0 Å². The minimum atomic E-state index is 0.0270. The maximum absolute atomic E-state index is 12.5. The highest BCUT2D eigenvalue weighted by Gasteiger charge is 2.23. The number of benzene rings is 3. The second-order valence-corrected chi connectivity index (χ2v) is 10.2. The van der Waals surface area contributed by atoms with Crippen molar-refractivity contribution in [1.82, 2.24) is 9.88 Å². The van der Waals surface area contributed by atoms with E-state index in [0.717, 1.165) is 63.8 Å². The first kappa shape index (κ1) is 23.3. The Labute approximate surface area is 206 Å². The molecule has 5 rings (SSSR count). The topological polar surface area (TPSA) is 65.5 Å². The number of ketones is 1. The molecule has 35 heavy (non-hydrogen) atoms. The molecule has 0 saturated heterocycles. The molecular formula is C30H33N3O2. The predicted octanol–water partition coefficient (Wildman–Crippen LogP) is 6.50. The van der Waals surface area contributed by atoms with Gasteiger partial charge in [0.15, 0.2) is 5.78 Å². The van der Waals surface area contributed by atoms with Gasteiger partial charge in [-0.25, -0.2) is 0 Å². The molecule has 0 unspecified atom stereocenters. The number of nitrogens with one attached hydrogen (secondary N) is 1. The third-order valence-corrected chi connectivity index (χ3v) is 7.22. The first-order valence-corrected chi connectivity index (χ1v) is 12.5. The van der Waals surface area contributed by atoms with Gasteiger partial charge in [-0.2, -0.15) is 0 Å². The molecule has 0 atom stereocenters. The lowest BCUT2D eigenvalue weighted by molar-refractivity contribution is 0.101. The normalized spacial score (nSPS) is 18.3. The maximum atomic E-state index is 12.5. The van der Waals surface area contributed by atoms with E-state index in [1.165, 1.54) is 12.8 Å². The van der Waals surface area contributed by atoms with Crippen LogP contribution in [-0.4, -0.2) is 47.5 Å². The van der Waals surface area contributed by atoms with Crippen LogP contribution in [0.4, 0.5) is 5.69 Å². The minimum Gasteiger partial charge on any atom is -0.508 e. The first-order chi connectivity index (χ1) is 16.9. The number of hydrogen-bond donors (Lipinski definition) is 2. The van der Waals surface area contributed by atoms with Crippen LogP contribution in [0.3, 0.4) is 0 Å². The Morgan fingerprint density at radius 3 is 2.40 bits per heavy atom. The number of fused-ring (bicyclic) bond motifs is 2. The lowest BCUT2D eigenvalue weighted by Crippen LogP contribution is -2.31. The second-order valence-electron chi connectivity index (χ2n) is 10.2. The smallest absolute Gasteiger partial charge is 0.163 e. The lowest BCUT2D eigenvalue weighted by Gasteiger charge is -2.32. The fraction of sp³-hybridized carbons (Fsp3) is 0.333. The number of hydrogen-bond acceptors (Lipinski definition) is 5. The van der Waals surface area contributed by atoms with Crippen LogP contribution in [0.1, 0.15) is 43.0 Å². The summed E-state index contributed by atoms with van der Waals surface area (Å²) < 4.78 is 0. The molecular weight excluding hydrogens is 434 g/mol. The minimum absolute atomic E-state index is 0.0270. The fourth-order valence-electron chi connectivity index (χ4n) is 5.42. The van der Waals surface area contributed by atoms with Gasteiger partial charge < -0.3 is 15.3 Å². The van der Waals surface area contributed by atoms with Gasteiger partial charge in [0.2, 0.25) is 0 Å². The highest BCUT2D eigenvalue weighted by Crippen LogP contribution is 2.35. The van der Waals surface area contributed by atoms with Crippen LogP contribution in [0.5, 0.6) is 5.75 Å². The molecule has 0 radical (unpaired) electrons. The Balaban J connectivity index is 1.50. The monoisotopic (exact) mass is 467 g/mol. The summed E-state index contributed by atoms with van der Waals surface area (Å²) in [6.45, 7) is 2.75. The van der Waals surface area contributed by atoms with Crippen molar-refractivity contribution in [1.29, 1.82) is 0 Å². The number of Topliss-reactive ketones (excluding diaryl/α,β-unsaturated/α-hetero) is 1. The second kappa shape index (κ2) is 9.67. The molecule has 1 aliphatic carbocycles. The first-order valence-electron chi connectivity index (χ1n) is 12.5. The largest absolute Gasteiger partial charge is 0.508 e. The molecule has 0 amide bonds. The Morgan fingerprint density at radius 1 is 0.971 bits per heavy atom. The van der Waals surface area contributed by atoms with E-state index in [0.29, 0.717) is 11.6 Å². The Hall–Kier alpha value is -3.44. The standard InChI is InChI=1S/C30H33N3O2/c1-19(34)28-17-31-29-13-9-24(21-6-7-23-15-26(35)12-8-22(23)14-21)16-27(29)30(28)32-25-10-4-20(5-11-25)18-33(2)3/h6-9,12-17,20,25,35H,4-5,10-11,18H2,1-3H3,(H,31,32)/t20-,25-. The summed E-state index contributed by atoms with van der Waals surface area (Å²) in [5, 5.41) is 16.6. The molecule has 0 bridgehead atoms. The van der Waals surface area contributed by atoms with Gasteiger partial charge in [0, 0.05) is 24.2 Å². The van der Waals surface area contributed by atoms with Gasteiger partial charge in [-0.3, -0.25) is 9.78 Å². The van der Waals surface area contributed by atoms with E-state index in [1.807, 2.05) is 18.2 Å². The summed E-state index contributed by atoms with van der Waals surface area (Å²) >= 11 is 0. The van der Waals surface area contributed by atoms with Crippen molar-refractivity contribution in [2.75, 3.05) is 26.0 Å². The van der Waals surface area contributed by atoms with Crippen molar-refractivity contribution in [2.24, 2.45) is 5.92 Å². The van der Waals surface area contributed by atoms with Crippen molar-refractivity contribution in [3.05, 3.63) is 66.4 Å². The SMILES string of the molecule is CC(=O)c1cnc2ccc(-c3ccc4cc(O)ccc4c3)cc2c1N[C@H]1CC[C@H](CN(C)C)CC1. The molecule has 3 aromatic carbocycles. The summed E-state index contributed by atoms with van der Waals surface area (Å²) in [7, 11) is 4.28. The average molecular weight is 468 g/mol. The van der Waals surface area contributed by atoms with Crippen molar-refractivity contribution in [2.45, 2.75) is 38.6 Å². The van der Waals surface area contributed by atoms with E-state index < -0.39 is 0 Å². The van der Waals surface area contributed by atoms with Crippen LogP contribution >= 0.6 is 0 Å². The van der Waals surface area contributed by atoms with E-state index >= 15 is 0 Å². The number of rotatable bonds is 6. The van der Waals surface area contributed by atoms with E-state index in [1.54, 1.807) is 25.3 Å². The van der Waals surface area contributed by atoms with Crippen molar-refractivity contribution >= 4 is 33.1 Å². The predicted molar refractivity (Wildman–Crippen MR) is 144 cm³/mol. The van der Waals surface area contributed by atoms with Crippen LogP contribution in [0.25, 0.3) is 32.8 Å². The molecule has 5 nitrogen and oxygen atoms in total. The van der Waals surface area contributed by atoms with Crippen LogP contribution in [0, 0.1) is 5.92 Å². The molecule has 1 saturated carbocycles. The van der Waals surface area contributed by atoms with Gasteiger partial charge in [-0.05, 0) is 105 Å². The molecule has 180 valence electrons. The number of anilines is 1. The summed E-state index contributed by atoms with van der Waals surface area (Å²) in [5.41, 5.74) is 4.61. The molecule has 1 fully saturated rings. The van der Waals surface area contributed by atoms with E-state index in [2.05, 4.69) is 53.6 Å². The molecule has 0 aliphatic heterocycles. The maximum Gasteiger partial charge on any atom is 0.163 e. The van der Waals surface area contributed by atoms with Crippen LogP contribution in [0.2, 0.25) is 0 Å². The number of nitrogens with zero attached hydrogens (tertiary/aromatic N) is 2. The summed E-state index contributed by atoms with van der Waals surface area (Å²) in [4.78, 5) is 19.4. The molecule has 1 aliphatic rings. The van der Waals surface area contributed by atoms with E-state index in [-0.39, 0.29) is 11.5 Å². The van der Waals surface area contributed by atoms with Gasteiger partial charge in [-0.1, -0.05) is 24.3 Å². The number of phenols is 1. The number of aromatic hydroxyl groups is 1. The van der Waals surface area contributed by atoms with Gasteiger partial charge in [0.05, 0.1) is 16.8 Å². The highest BCUT2D eigenvalue weighted by atomic mass is 16.3. The Kier molecular flexibility index (Phi) is 6.44. The molecule has 2 N–H and O–H groups in total. The third-order valence-electron chi connectivity index (χ3n) is 7.22. The Morgan fingerprint density at radius 2 is 1.66 bits per heavy atom. The molecule has 4 aromatic rings. The third kappa shape index (κ3) is 5.01. The van der Waals surface area contributed by atoms with E-state index in [9.17, 15) is 9.90 Å². The number of aromatic nitrogens is 1. The zero-order valence-electron chi connectivity index (χ0n) is 20.7. The van der Waals surface area contributed by atoms with Crippen LogP contribution in [0.15, 0.2) is 60.8 Å². The molecule has 1 heterocycles. The zero-order valence-corrected chi connectivity index (χ0v) is 20.7. The Bertz CT molecular complexity index is 1390. The van der Waals surface area contributed by atoms with Crippen molar-refractivity contribution < 1.29 is 9.90 Å². The zero-order chi connectivity index (χ0) is 24.5. The summed E-state index contributed by atoms with van der Waals surface area (Å²) in [6.07, 6.45) is 6.33. The fourth-order valence-corrected chi connectivity index (χ4v) is 5.42. The van der Waals surface area contributed by atoms with Gasteiger partial charge in [0.1, 0.15) is 5.75 Å². The molecule has 5 heteroatoms. The molecule has 1 aromatic heterocycles. The number of phenolic OH excluding ortho intramolecular Hbond substituents is 1. The summed E-state index contributed by atoms with van der Waals surface area (Å²) in [6, 6.07) is 18.3. The van der Waals surface area contributed by atoms with Gasteiger partial charge in [-0.15, -0.1) is 0 Å². The number of carbonyl (C=O) groups excluding carboxylic acids is 1. The van der Waals surface area contributed by atoms with Gasteiger partial charge in [0.25, 0.3) is 0 Å².